The van der Waals surface area contributed by atoms with E-state index in [0.29, 0.717) is 24.9 Å². The Morgan fingerprint density at radius 2 is 2.08 bits per heavy atom. The number of amides is 1. The number of likely N-dealkylation sites (tertiary alicyclic amines) is 1. The van der Waals surface area contributed by atoms with Crippen LogP contribution < -0.4 is 5.14 Å². The molecule has 0 unspecified atom stereocenters. The molecule has 1 aliphatic heterocycles. The molecule has 0 spiro atoms. The van der Waals surface area contributed by atoms with E-state index in [1.165, 1.54) is 23.1 Å². The molecule has 0 radical (unpaired) electrons. The van der Waals surface area contributed by atoms with E-state index in [1.54, 1.807) is 0 Å². The minimum absolute atomic E-state index is 0.00856. The van der Waals surface area contributed by atoms with E-state index in [9.17, 15) is 13.2 Å². The summed E-state index contributed by atoms with van der Waals surface area (Å²) in [5.41, 5.74) is 17.9. The van der Waals surface area contributed by atoms with Gasteiger partial charge in [-0.15, -0.1) is 0 Å². The molecule has 1 heterocycles. The van der Waals surface area contributed by atoms with Crippen LogP contribution in [0.25, 0.3) is 20.9 Å². The summed E-state index contributed by atoms with van der Waals surface area (Å²) in [6.07, 6.45) is 0.929. The number of nitrogens with zero attached hydrogens (tertiary/aromatic N) is 7. The van der Waals surface area contributed by atoms with Crippen LogP contribution in [0.2, 0.25) is 0 Å². The van der Waals surface area contributed by atoms with Crippen molar-refractivity contribution in [2.45, 2.75) is 24.6 Å². The summed E-state index contributed by atoms with van der Waals surface area (Å²) in [6.45, 7) is 0.406. The fourth-order valence-electron chi connectivity index (χ4n) is 2.68. The summed E-state index contributed by atoms with van der Waals surface area (Å²) in [5.74, 6) is -0.398. The van der Waals surface area contributed by atoms with Crippen molar-refractivity contribution in [2.75, 3.05) is 13.1 Å². The number of hydrogen-bond acceptors (Lipinski definition) is 5. The van der Waals surface area contributed by atoms with Gasteiger partial charge < -0.3 is 4.90 Å². The number of nitrogens with two attached hydrogens (primary N) is 1. The van der Waals surface area contributed by atoms with Gasteiger partial charge in [-0.1, -0.05) is 10.2 Å². The first-order chi connectivity index (χ1) is 11.8. The molecule has 1 atom stereocenters. The molecule has 0 bridgehead atoms. The molecular formula is C13H16N8O3S. The second-order valence-corrected chi connectivity index (χ2v) is 7.42. The van der Waals surface area contributed by atoms with Crippen molar-refractivity contribution >= 4 is 21.6 Å². The molecule has 11 nitrogen and oxygen atoms in total. The molecule has 1 fully saturated rings. The van der Waals surface area contributed by atoms with Gasteiger partial charge in [-0.2, -0.15) is 0 Å². The van der Waals surface area contributed by atoms with Crippen molar-refractivity contribution in [1.82, 2.24) is 4.90 Å². The van der Waals surface area contributed by atoms with E-state index < -0.39 is 21.2 Å². The zero-order valence-corrected chi connectivity index (χ0v) is 14.0. The Labute approximate surface area is 143 Å². The van der Waals surface area contributed by atoms with Crippen molar-refractivity contribution in [3.63, 3.8) is 0 Å². The van der Waals surface area contributed by atoms with E-state index in [-0.39, 0.29) is 24.3 Å². The van der Waals surface area contributed by atoms with Crippen LogP contribution >= 0.6 is 0 Å². The van der Waals surface area contributed by atoms with E-state index >= 15 is 0 Å². The molecule has 132 valence electrons. The molecule has 2 N–H and O–H groups in total. The lowest BCUT2D eigenvalue weighted by atomic mass is 10.1. The number of carbonyl (C=O) groups excluding carboxylic acids is 1. The van der Waals surface area contributed by atoms with Gasteiger partial charge in [0.05, 0.1) is 11.8 Å². The molecule has 1 saturated heterocycles. The molecule has 1 aromatic carbocycles. The van der Waals surface area contributed by atoms with Crippen LogP contribution in [0.4, 0.5) is 5.69 Å². The van der Waals surface area contributed by atoms with Crippen molar-refractivity contribution in [1.29, 1.82) is 0 Å². The Hall–Kier alpha value is -2.78. The molecule has 25 heavy (non-hydrogen) atoms. The van der Waals surface area contributed by atoms with Crippen LogP contribution in [0, 0.1) is 0 Å². The third kappa shape index (κ3) is 4.85. The van der Waals surface area contributed by atoms with Gasteiger partial charge in [0.15, 0.2) is 0 Å². The standard InChI is InChI=1S/C13H16N8O3S/c14-19-17-7-9-4-10(6-11(5-9)18-20-15)13(22)21-3-1-2-12(8-21)25(16,23)24/h4-6,12H,1-3,7-8H2,(H2,16,23,24)/t12-/m1/s1. The maximum absolute atomic E-state index is 12.7. The summed E-state index contributed by atoms with van der Waals surface area (Å²) in [5, 5.41) is 11.3. The topological polar surface area (TPSA) is 178 Å². The molecule has 1 aliphatic rings. The number of benzene rings is 1. The highest BCUT2D eigenvalue weighted by Crippen LogP contribution is 2.23. The molecule has 1 amide bonds. The molecule has 2 rings (SSSR count). The van der Waals surface area contributed by atoms with Gasteiger partial charge in [-0.25, -0.2) is 13.6 Å². The first-order valence-corrected chi connectivity index (χ1v) is 8.97. The average molecular weight is 364 g/mol. The third-order valence-corrected chi connectivity index (χ3v) is 5.15. The summed E-state index contributed by atoms with van der Waals surface area (Å²) in [4.78, 5) is 19.5. The van der Waals surface area contributed by atoms with E-state index in [0.717, 1.165) is 0 Å². The second-order valence-electron chi connectivity index (χ2n) is 5.57. The number of azide groups is 2. The first-order valence-electron chi connectivity index (χ1n) is 7.36. The Bertz CT molecular complexity index is 871. The predicted octanol–water partition coefficient (Wildman–Crippen LogP) is 2.33. The van der Waals surface area contributed by atoms with E-state index in [1.807, 2.05) is 0 Å². The lowest BCUT2D eigenvalue weighted by Crippen LogP contribution is -2.47. The van der Waals surface area contributed by atoms with Crippen LogP contribution in [0.1, 0.15) is 28.8 Å². The highest BCUT2D eigenvalue weighted by atomic mass is 32.2. The van der Waals surface area contributed by atoms with Crippen molar-refractivity contribution < 1.29 is 13.2 Å². The second kappa shape index (κ2) is 7.86. The Kier molecular flexibility index (Phi) is 5.84. The number of primary sulfonamides is 1. The van der Waals surface area contributed by atoms with Crippen molar-refractivity contribution in [3.05, 3.63) is 50.2 Å². The van der Waals surface area contributed by atoms with Crippen LogP contribution in [0.15, 0.2) is 28.4 Å². The molecule has 1 aromatic rings. The smallest absolute Gasteiger partial charge is 0.253 e. The zero-order valence-electron chi connectivity index (χ0n) is 13.2. The van der Waals surface area contributed by atoms with Crippen molar-refractivity contribution in [2.24, 2.45) is 15.4 Å². The van der Waals surface area contributed by atoms with Gasteiger partial charge in [0.1, 0.15) is 0 Å². The summed E-state index contributed by atoms with van der Waals surface area (Å²) < 4.78 is 23.1. The number of carbonyl (C=O) groups is 1. The van der Waals surface area contributed by atoms with Crippen LogP contribution in [-0.2, 0) is 16.6 Å². The minimum atomic E-state index is -3.73. The number of rotatable bonds is 5. The lowest BCUT2D eigenvalue weighted by molar-refractivity contribution is 0.0727. The van der Waals surface area contributed by atoms with Gasteiger partial charge in [-0.05, 0) is 47.7 Å². The lowest BCUT2D eigenvalue weighted by Gasteiger charge is -2.31. The largest absolute Gasteiger partial charge is 0.337 e. The maximum atomic E-state index is 12.7. The Morgan fingerprint density at radius 3 is 2.72 bits per heavy atom. The van der Waals surface area contributed by atoms with Crippen LogP contribution in [0.3, 0.4) is 0 Å². The Balaban J connectivity index is 2.32. The first kappa shape index (κ1) is 18.6. The minimum Gasteiger partial charge on any atom is -0.337 e. The average Bonchev–Trinajstić information content (AvgIpc) is 2.59. The van der Waals surface area contributed by atoms with Gasteiger partial charge >= 0.3 is 0 Å². The van der Waals surface area contributed by atoms with Crippen LogP contribution in [0.5, 0.6) is 0 Å². The number of sulfonamides is 1. The molecular weight excluding hydrogens is 348 g/mol. The quantitative estimate of drug-likeness (QED) is 0.479. The molecule has 0 saturated carbocycles. The van der Waals surface area contributed by atoms with E-state index in [2.05, 4.69) is 20.1 Å². The highest BCUT2D eigenvalue weighted by Gasteiger charge is 2.31. The predicted molar refractivity (Wildman–Crippen MR) is 90.1 cm³/mol. The summed E-state index contributed by atoms with van der Waals surface area (Å²) >= 11 is 0. The Morgan fingerprint density at radius 1 is 1.32 bits per heavy atom. The van der Waals surface area contributed by atoms with E-state index in [4.69, 9.17) is 16.2 Å². The van der Waals surface area contributed by atoms with Gasteiger partial charge in [0.25, 0.3) is 5.91 Å². The normalized spacial score (nSPS) is 17.3. The van der Waals surface area contributed by atoms with Gasteiger partial charge in [-0.3, -0.25) is 4.79 Å². The molecule has 0 aromatic heterocycles. The molecule has 12 heteroatoms. The summed E-state index contributed by atoms with van der Waals surface area (Å²) in [7, 11) is -3.73. The fraction of sp³-hybridized carbons (Fsp3) is 0.462. The third-order valence-electron chi connectivity index (χ3n) is 3.83. The fourth-order valence-corrected chi connectivity index (χ4v) is 3.57. The van der Waals surface area contributed by atoms with Gasteiger partial charge in [0, 0.05) is 34.2 Å². The van der Waals surface area contributed by atoms with Crippen LogP contribution in [-0.4, -0.2) is 37.6 Å². The maximum Gasteiger partial charge on any atom is 0.253 e. The van der Waals surface area contributed by atoms with Crippen molar-refractivity contribution in [3.8, 4) is 0 Å². The summed E-state index contributed by atoms with van der Waals surface area (Å²) in [6, 6.07) is 4.44. The zero-order chi connectivity index (χ0) is 18.4. The van der Waals surface area contributed by atoms with Gasteiger partial charge in [0.2, 0.25) is 10.0 Å². The monoisotopic (exact) mass is 364 g/mol. The number of hydrogen-bond donors (Lipinski definition) is 1. The number of piperidine rings is 1. The molecule has 0 aliphatic carbocycles. The SMILES string of the molecule is [N-]=[N+]=NCc1cc(N=[N+]=[N-])cc(C(=O)N2CCC[C@@H](S(N)(=O)=O)C2)c1. The highest BCUT2D eigenvalue weighted by molar-refractivity contribution is 7.89.